The molecule has 0 aliphatic carbocycles. The molecule has 408 valence electrons. The molecule has 0 saturated heterocycles. The lowest BCUT2D eigenvalue weighted by atomic mass is 9.96. The molecule has 21 heteroatoms. The first kappa shape index (κ1) is 59.4. The number of hydrogen-bond acceptors (Lipinski definition) is 16. The fourth-order valence-corrected chi connectivity index (χ4v) is 8.94. The highest BCUT2D eigenvalue weighted by Gasteiger charge is 2.21. The molecule has 3 atom stereocenters. The maximum atomic E-state index is 7.04. The number of nitrogens with one attached hydrogen (secondary N) is 2. The number of benzene rings is 6. The van der Waals surface area contributed by atoms with Crippen LogP contribution in [-0.4, -0.2) is 67.0 Å². The smallest absolute Gasteiger partial charge is 0.245 e. The SMILES string of the molecule is CNC(C)c1ccc(C)c2ccccc12.Cc1ccc(C(C)N(C)c2ncc3c(N)nc(N)nc3n2)c2ccccc12.N=C(N)N.[C-]#[N+]c1cnc(Br)nc1N.[C-]#[N+]c1cnc(N(C)C(C)c2ccc(C)c3ccccc23)nc1N. The average molecular weight is 1130 g/mol. The monoisotopic (exact) mass is 1130 g/mol. The quantitative estimate of drug-likeness (QED) is 0.0303. The van der Waals surface area contributed by atoms with E-state index in [1.165, 1.54) is 78.1 Å². The number of nitrogen functional groups attached to an aromatic ring is 4. The first-order chi connectivity index (χ1) is 38.2. The van der Waals surface area contributed by atoms with Gasteiger partial charge < -0.3 is 49.5 Å². The number of fused-ring (bicyclic) bond motifs is 4. The summed E-state index contributed by atoms with van der Waals surface area (Å²) in [7, 11) is 5.90. The van der Waals surface area contributed by atoms with Gasteiger partial charge in [-0.15, -0.1) is 0 Å². The van der Waals surface area contributed by atoms with E-state index in [1.807, 2.05) is 30.9 Å². The van der Waals surface area contributed by atoms with E-state index in [4.69, 9.17) is 41.5 Å². The van der Waals surface area contributed by atoms with Gasteiger partial charge in [-0.25, -0.2) is 34.6 Å². The van der Waals surface area contributed by atoms with Crippen LogP contribution in [0.2, 0.25) is 0 Å². The molecule has 4 heterocycles. The Morgan fingerprint density at radius 2 is 0.912 bits per heavy atom. The molecule has 0 amide bonds. The summed E-state index contributed by atoms with van der Waals surface area (Å²) in [6, 6.07) is 39.0. The third-order valence-electron chi connectivity index (χ3n) is 13.4. The van der Waals surface area contributed by atoms with E-state index >= 15 is 0 Å². The van der Waals surface area contributed by atoms with E-state index in [0.717, 1.165) is 0 Å². The lowest BCUT2D eigenvalue weighted by molar-refractivity contribution is 0.657. The molecule has 0 radical (unpaired) electrons. The van der Waals surface area contributed by atoms with Gasteiger partial charge in [0, 0.05) is 38.7 Å². The lowest BCUT2D eigenvalue weighted by Gasteiger charge is -2.27. The summed E-state index contributed by atoms with van der Waals surface area (Å²) in [6.45, 7) is 26.5. The molecular formula is C59H65BrN20. The highest BCUT2D eigenvalue weighted by molar-refractivity contribution is 9.10. The van der Waals surface area contributed by atoms with Crippen molar-refractivity contribution in [1.82, 2.24) is 45.2 Å². The Kier molecular flexibility index (Phi) is 20.0. The minimum atomic E-state index is -0.333. The standard InChI is InChI=1S/C20H21N7.C19H19N5.C14H17N.C5H3BrN4.CH5N3/c1-11-8-9-14(15-7-5-4-6-13(11)15)12(2)27(3)20-23-10-16-17(21)24-19(22)25-18(16)26-20;1-12-9-10-15(16-8-6-5-7-14(12)16)13(2)24(4)19-22-11-17(21-3)18(20)23-19;1-10-8-9-13(11(2)15-3)14-7-5-4-6-12(10)14;1-8-3-2-9-5(6)10-4(3)7;2-1(3)4/h4-10,12H,1-3H3,(H4,21,22,23,24,25,26);5-11,13H,1-2,4H3,(H2,20,22,23);4-9,11,15H,1-3H3;2H,(H2,7,9,10);(H5,2,3,4). The summed E-state index contributed by atoms with van der Waals surface area (Å²) < 4.78 is 0.400. The highest BCUT2D eigenvalue weighted by Crippen LogP contribution is 2.34. The van der Waals surface area contributed by atoms with Crippen LogP contribution in [0.5, 0.6) is 0 Å². The van der Waals surface area contributed by atoms with Gasteiger partial charge in [0.15, 0.2) is 16.3 Å². The molecule has 6 aromatic carbocycles. The molecule has 0 aliphatic heterocycles. The Hall–Kier alpha value is -9.83. The maximum Gasteiger partial charge on any atom is 0.245 e. The molecule has 80 heavy (non-hydrogen) atoms. The second kappa shape index (κ2) is 27.0. The second-order valence-corrected chi connectivity index (χ2v) is 19.2. The van der Waals surface area contributed by atoms with Crippen LogP contribution in [0, 0.1) is 39.3 Å². The van der Waals surface area contributed by atoms with Gasteiger partial charge in [-0.1, -0.05) is 109 Å². The van der Waals surface area contributed by atoms with Crippen LogP contribution in [0.3, 0.4) is 0 Å². The molecule has 3 unspecified atom stereocenters. The number of anilines is 6. The summed E-state index contributed by atoms with van der Waals surface area (Å²) in [5.41, 5.74) is 40.3. The van der Waals surface area contributed by atoms with Crippen molar-refractivity contribution in [2.24, 2.45) is 11.5 Å². The Labute approximate surface area is 474 Å². The molecule has 0 bridgehead atoms. The maximum absolute atomic E-state index is 7.04. The molecule has 0 aliphatic rings. The Morgan fingerprint density at radius 3 is 1.34 bits per heavy atom. The van der Waals surface area contributed by atoms with Crippen molar-refractivity contribution in [1.29, 1.82) is 5.41 Å². The van der Waals surface area contributed by atoms with Crippen molar-refractivity contribution < 1.29 is 0 Å². The van der Waals surface area contributed by atoms with Gasteiger partial charge in [0.05, 0.1) is 30.6 Å². The van der Waals surface area contributed by atoms with Crippen LogP contribution in [-0.2, 0) is 0 Å². The van der Waals surface area contributed by atoms with Crippen LogP contribution >= 0.6 is 15.9 Å². The minimum absolute atomic E-state index is 0.0597. The van der Waals surface area contributed by atoms with Crippen LogP contribution in [0.25, 0.3) is 53.0 Å². The summed E-state index contributed by atoms with van der Waals surface area (Å²) >= 11 is 3.02. The number of rotatable bonds is 8. The largest absolute Gasteiger partial charge is 0.392 e. The Morgan fingerprint density at radius 1 is 0.525 bits per heavy atom. The van der Waals surface area contributed by atoms with Crippen molar-refractivity contribution in [2.75, 3.05) is 53.9 Å². The summed E-state index contributed by atoms with van der Waals surface area (Å²) in [6.07, 6.45) is 4.49. The summed E-state index contributed by atoms with van der Waals surface area (Å²) in [4.78, 5) is 43.5. The van der Waals surface area contributed by atoms with Crippen LogP contribution in [0.4, 0.5) is 46.7 Å². The molecule has 10 aromatic rings. The number of guanidine groups is 1. The van der Waals surface area contributed by atoms with Crippen molar-refractivity contribution in [3.8, 4) is 0 Å². The Balaban J connectivity index is 0.000000177. The van der Waals surface area contributed by atoms with Crippen molar-refractivity contribution in [3.05, 3.63) is 189 Å². The van der Waals surface area contributed by atoms with Gasteiger partial charge in [-0.2, -0.15) is 15.0 Å². The first-order valence-corrected chi connectivity index (χ1v) is 25.9. The van der Waals surface area contributed by atoms with Crippen LogP contribution < -0.4 is 49.5 Å². The molecule has 14 N–H and O–H groups in total. The molecule has 0 saturated carbocycles. The zero-order valence-electron chi connectivity index (χ0n) is 46.1. The van der Waals surface area contributed by atoms with Gasteiger partial charge in [-0.3, -0.25) is 5.41 Å². The molecular weight excluding hydrogens is 1070 g/mol. The number of aryl methyl sites for hydroxylation is 3. The number of nitrogens with zero attached hydrogens (tertiary/aromatic N) is 12. The van der Waals surface area contributed by atoms with E-state index in [9.17, 15) is 0 Å². The minimum Gasteiger partial charge on any atom is -0.392 e. The third-order valence-corrected chi connectivity index (χ3v) is 13.8. The van der Waals surface area contributed by atoms with Crippen LogP contribution in [0.15, 0.2) is 133 Å². The van der Waals surface area contributed by atoms with E-state index in [0.29, 0.717) is 33.7 Å². The average Bonchev–Trinajstić information content (AvgIpc) is 3.45. The van der Waals surface area contributed by atoms with Crippen LogP contribution in [0.1, 0.15) is 72.3 Å². The highest BCUT2D eigenvalue weighted by atomic mass is 79.9. The van der Waals surface area contributed by atoms with E-state index < -0.39 is 0 Å². The number of nitrogens with two attached hydrogens (primary N) is 6. The number of halogens is 1. The van der Waals surface area contributed by atoms with Crippen molar-refractivity contribution >= 4 is 112 Å². The summed E-state index contributed by atoms with van der Waals surface area (Å²) in [5, 5.41) is 17.6. The van der Waals surface area contributed by atoms with E-state index in [1.54, 1.807) is 6.20 Å². The summed E-state index contributed by atoms with van der Waals surface area (Å²) in [5.74, 6) is 1.53. The molecule has 10 rings (SSSR count). The fraction of sp³-hybridized carbons (Fsp3) is 0.203. The molecule has 20 nitrogen and oxygen atoms in total. The van der Waals surface area contributed by atoms with Gasteiger partial charge in [-0.05, 0) is 130 Å². The molecule has 0 fully saturated rings. The zero-order valence-corrected chi connectivity index (χ0v) is 47.7. The van der Waals surface area contributed by atoms with Gasteiger partial charge in [0.1, 0.15) is 17.5 Å². The Bertz CT molecular complexity index is 3910. The lowest BCUT2D eigenvalue weighted by Crippen LogP contribution is -2.24. The fourth-order valence-electron chi connectivity index (χ4n) is 8.65. The topological polar surface area (TPSA) is 310 Å². The number of aromatic nitrogens is 8. The van der Waals surface area contributed by atoms with E-state index in [2.05, 4.69) is 233 Å². The predicted octanol–water partition coefficient (Wildman–Crippen LogP) is 11.2. The molecule has 0 spiro atoms. The van der Waals surface area contributed by atoms with Crippen molar-refractivity contribution in [3.63, 3.8) is 0 Å². The van der Waals surface area contributed by atoms with Gasteiger partial charge >= 0.3 is 0 Å². The molecule has 4 aromatic heterocycles. The number of hydrogen-bond donors (Lipinski definition) is 8. The van der Waals surface area contributed by atoms with Crippen molar-refractivity contribution in [2.45, 2.75) is 59.7 Å². The second-order valence-electron chi connectivity index (χ2n) is 18.5. The normalized spacial score (nSPS) is 11.6. The zero-order chi connectivity index (χ0) is 58.4. The first-order valence-electron chi connectivity index (χ1n) is 25.1. The third kappa shape index (κ3) is 14.2. The van der Waals surface area contributed by atoms with Gasteiger partial charge in [0.2, 0.25) is 29.2 Å². The van der Waals surface area contributed by atoms with E-state index in [-0.39, 0.29) is 52.8 Å². The van der Waals surface area contributed by atoms with Gasteiger partial charge in [0.25, 0.3) is 0 Å². The predicted molar refractivity (Wildman–Crippen MR) is 330 cm³/mol.